The smallest absolute Gasteiger partial charge is 0.320 e. The Labute approximate surface area is 320 Å². The molecule has 6 rings (SSSR count). The van der Waals surface area contributed by atoms with Gasteiger partial charge in [-0.05, 0) is 72.1 Å². The molecule has 0 bridgehead atoms. The molecule has 292 valence electrons. The first-order valence-corrected chi connectivity index (χ1v) is 20.3. The second-order valence-corrected chi connectivity index (χ2v) is 16.5. The second-order valence-electron chi connectivity index (χ2n) is 11.6. The zero-order chi connectivity index (χ0) is 40.7. The van der Waals surface area contributed by atoms with Gasteiger partial charge in [0.05, 0.1) is 33.2 Å². The van der Waals surface area contributed by atoms with Crippen LogP contribution in [0.5, 0.6) is 11.8 Å². The highest BCUT2D eigenvalue weighted by Crippen LogP contribution is 2.48. The second kappa shape index (κ2) is 15.1. The highest BCUT2D eigenvalue weighted by Gasteiger charge is 2.25. The quantitative estimate of drug-likeness (QED) is 0.0221. The number of aryl methyl sites for hydroxylation is 2. The number of phenolic OH excluding ortho intramolecular Hbond substituents is 1. The van der Waals surface area contributed by atoms with E-state index in [4.69, 9.17) is 5.26 Å². The van der Waals surface area contributed by atoms with Gasteiger partial charge in [0, 0.05) is 10.8 Å². The van der Waals surface area contributed by atoms with Crippen molar-refractivity contribution >= 4 is 98.6 Å². The third-order valence-electron chi connectivity index (χ3n) is 7.94. The molecule has 1 aromatic heterocycles. The lowest BCUT2D eigenvalue weighted by atomic mass is 10.1. The minimum Gasteiger partial charge on any atom is -0.505 e. The summed E-state index contributed by atoms with van der Waals surface area (Å²) < 4.78 is 108. The molecule has 0 amide bonds. The summed E-state index contributed by atoms with van der Waals surface area (Å²) in [6.45, 7) is 3.26. The van der Waals surface area contributed by atoms with Crippen molar-refractivity contribution < 1.29 is 63.8 Å². The standard InChI is InChI=1S/C31H25N7O14S4/c1-14-9-21(24(10-15(14)2)55(45,46)47)32-29-34-30(36-31(40)35-29)33-22-13-18(54(42,43)44)11-17-12-23(53-52-51-41)26(27(39)25(17)22)38-37-20-8-7-16-5-3-4-6-19(16)28(20)56(48,49)50/h3-13,39,41H,1-2H3,(H,42,43,44)(H,45,46,47)(H,48,49,50)(H3,32,33,34,35,36,40)/b38-37+. The van der Waals surface area contributed by atoms with Crippen molar-refractivity contribution in [2.45, 2.75) is 33.4 Å². The SMILES string of the molecule is Cc1cc(Nc2nc(O)nc(Nc3cc(S(=O)(=O)O)cc4cc(SOOO)c(/N=N/c5ccc6ccccc6c5S(=O)(=O)O)c(O)c34)n2)c(S(=O)(=O)O)cc1C. The van der Waals surface area contributed by atoms with E-state index in [-0.39, 0.29) is 50.2 Å². The fraction of sp³-hybridized carbons (Fsp3) is 0.0645. The number of rotatable bonds is 12. The van der Waals surface area contributed by atoms with Crippen molar-refractivity contribution in [2.24, 2.45) is 10.2 Å². The third-order valence-corrected chi connectivity index (χ3v) is 11.2. The Hall–Kier alpha value is -5.61. The molecular formula is C31H25N7O14S4. The first-order chi connectivity index (χ1) is 26.2. The maximum absolute atomic E-state index is 12.5. The Bertz CT molecular complexity index is 2950. The fourth-order valence-corrected chi connectivity index (χ4v) is 8.01. The van der Waals surface area contributed by atoms with Crippen LogP contribution in [-0.4, -0.2) is 69.3 Å². The molecule has 56 heavy (non-hydrogen) atoms. The molecule has 0 unspecified atom stereocenters. The van der Waals surface area contributed by atoms with Crippen LogP contribution < -0.4 is 10.6 Å². The van der Waals surface area contributed by atoms with Crippen LogP contribution in [0.1, 0.15) is 11.1 Å². The van der Waals surface area contributed by atoms with Gasteiger partial charge in [-0.3, -0.25) is 13.7 Å². The van der Waals surface area contributed by atoms with E-state index in [1.165, 1.54) is 36.4 Å². The number of hydrogen-bond donors (Lipinski definition) is 8. The summed E-state index contributed by atoms with van der Waals surface area (Å²) in [4.78, 5) is 9.40. The largest absolute Gasteiger partial charge is 0.505 e. The van der Waals surface area contributed by atoms with E-state index >= 15 is 0 Å². The molecule has 0 saturated carbocycles. The van der Waals surface area contributed by atoms with Gasteiger partial charge < -0.3 is 20.8 Å². The number of aromatic hydroxyl groups is 2. The Morgan fingerprint density at radius 2 is 1.38 bits per heavy atom. The molecular weight excluding hydrogens is 823 g/mol. The maximum atomic E-state index is 12.5. The average Bonchev–Trinajstić information content (AvgIpc) is 3.09. The van der Waals surface area contributed by atoms with Crippen LogP contribution in [0.3, 0.4) is 0 Å². The summed E-state index contributed by atoms with van der Waals surface area (Å²) in [5.41, 5.74) is -0.321. The van der Waals surface area contributed by atoms with Crippen molar-refractivity contribution in [2.75, 3.05) is 10.6 Å². The van der Waals surface area contributed by atoms with E-state index in [0.717, 1.165) is 18.2 Å². The Balaban J connectivity index is 1.53. The third kappa shape index (κ3) is 8.45. The highest BCUT2D eigenvalue weighted by atomic mass is 32.2. The van der Waals surface area contributed by atoms with Crippen LogP contribution in [0.2, 0.25) is 0 Å². The van der Waals surface area contributed by atoms with Gasteiger partial charge in [-0.15, -0.1) is 14.6 Å². The molecule has 5 aromatic carbocycles. The zero-order valence-electron chi connectivity index (χ0n) is 28.2. The van der Waals surface area contributed by atoms with Crippen LogP contribution in [0, 0.1) is 13.8 Å². The van der Waals surface area contributed by atoms with E-state index < -0.39 is 74.4 Å². The Kier molecular flexibility index (Phi) is 10.8. The van der Waals surface area contributed by atoms with Gasteiger partial charge in [-0.1, -0.05) is 35.4 Å². The molecule has 0 spiro atoms. The molecule has 6 aromatic rings. The van der Waals surface area contributed by atoms with Crippen molar-refractivity contribution in [1.82, 2.24) is 15.0 Å². The van der Waals surface area contributed by atoms with Gasteiger partial charge in [0.1, 0.15) is 21.2 Å². The number of fused-ring (bicyclic) bond motifs is 2. The topological polar surface area (TPSA) is 330 Å². The number of nitrogens with zero attached hydrogens (tertiary/aromatic N) is 5. The Morgan fingerprint density at radius 1 is 0.714 bits per heavy atom. The molecule has 0 radical (unpaired) electrons. The summed E-state index contributed by atoms with van der Waals surface area (Å²) in [5.74, 6) is -1.83. The fourth-order valence-electron chi connectivity index (χ4n) is 5.42. The maximum Gasteiger partial charge on any atom is 0.320 e. The van der Waals surface area contributed by atoms with Gasteiger partial charge >= 0.3 is 6.01 Å². The lowest BCUT2D eigenvalue weighted by Gasteiger charge is -2.16. The van der Waals surface area contributed by atoms with Crippen LogP contribution in [0.15, 0.2) is 96.5 Å². The normalized spacial score (nSPS) is 12.5. The molecule has 0 saturated heterocycles. The van der Waals surface area contributed by atoms with E-state index in [9.17, 15) is 49.1 Å². The van der Waals surface area contributed by atoms with Crippen LogP contribution in [-0.2, 0) is 39.7 Å². The number of anilines is 4. The number of hydrogen-bond acceptors (Lipinski definition) is 19. The van der Waals surface area contributed by atoms with Gasteiger partial charge in [-0.2, -0.15) is 40.2 Å². The van der Waals surface area contributed by atoms with Crippen molar-refractivity contribution in [3.63, 3.8) is 0 Å². The highest BCUT2D eigenvalue weighted by molar-refractivity contribution is 7.94. The van der Waals surface area contributed by atoms with Gasteiger partial charge in [-0.25, -0.2) is 5.26 Å². The lowest BCUT2D eigenvalue weighted by molar-refractivity contribution is -0.432. The predicted octanol–water partition coefficient (Wildman–Crippen LogP) is 6.28. The molecule has 1 heterocycles. The van der Waals surface area contributed by atoms with Crippen molar-refractivity contribution in [1.29, 1.82) is 0 Å². The van der Waals surface area contributed by atoms with E-state index in [1.54, 1.807) is 26.0 Å². The summed E-state index contributed by atoms with van der Waals surface area (Å²) >= 11 is 0.235. The van der Waals surface area contributed by atoms with Crippen molar-refractivity contribution in [3.8, 4) is 11.8 Å². The molecule has 0 atom stereocenters. The summed E-state index contributed by atoms with van der Waals surface area (Å²) in [7, 11) is -14.7. The molecule has 0 fully saturated rings. The molecule has 25 heteroatoms. The van der Waals surface area contributed by atoms with Gasteiger partial charge in [0.25, 0.3) is 30.4 Å². The minimum absolute atomic E-state index is 0.0891. The molecule has 0 aliphatic rings. The zero-order valence-corrected chi connectivity index (χ0v) is 31.4. The first-order valence-electron chi connectivity index (χ1n) is 15.2. The molecule has 21 nitrogen and oxygen atoms in total. The molecule has 0 aliphatic carbocycles. The van der Waals surface area contributed by atoms with E-state index in [0.29, 0.717) is 16.5 Å². The molecule has 8 N–H and O–H groups in total. The monoisotopic (exact) mass is 847 g/mol. The number of benzene rings is 5. The first kappa shape index (κ1) is 40.1. The number of nitrogens with one attached hydrogen (secondary N) is 2. The molecule has 0 aliphatic heterocycles. The summed E-state index contributed by atoms with van der Waals surface area (Å²) in [5, 5.41) is 47.8. The average molecular weight is 848 g/mol. The van der Waals surface area contributed by atoms with Crippen LogP contribution >= 0.6 is 12.0 Å². The summed E-state index contributed by atoms with van der Waals surface area (Å²) in [6, 6.07) is 13.4. The minimum atomic E-state index is -4.97. The number of aromatic nitrogens is 3. The predicted molar refractivity (Wildman–Crippen MR) is 198 cm³/mol. The van der Waals surface area contributed by atoms with Crippen LogP contribution in [0.4, 0.5) is 34.6 Å². The van der Waals surface area contributed by atoms with Crippen molar-refractivity contribution in [3.05, 3.63) is 77.9 Å². The van der Waals surface area contributed by atoms with Gasteiger partial charge in [0.2, 0.25) is 11.9 Å². The number of azo groups is 1. The summed E-state index contributed by atoms with van der Waals surface area (Å²) in [6.07, 6.45) is 0. The lowest BCUT2D eigenvalue weighted by Crippen LogP contribution is -2.08. The Morgan fingerprint density at radius 3 is 2.02 bits per heavy atom. The van der Waals surface area contributed by atoms with E-state index in [1.807, 2.05) is 0 Å². The van der Waals surface area contributed by atoms with Gasteiger partial charge in [0.15, 0.2) is 5.75 Å². The van der Waals surface area contributed by atoms with Crippen LogP contribution in [0.25, 0.3) is 21.5 Å². The van der Waals surface area contributed by atoms with E-state index in [2.05, 4.69) is 45.2 Å². The number of phenols is 1.